The maximum absolute atomic E-state index is 12.5. The number of sulfonamides is 1. The summed E-state index contributed by atoms with van der Waals surface area (Å²) in [6.07, 6.45) is 6.47. The van der Waals surface area contributed by atoms with Gasteiger partial charge in [0.2, 0.25) is 10.0 Å². The van der Waals surface area contributed by atoms with Crippen molar-refractivity contribution >= 4 is 16.1 Å². The fourth-order valence-electron chi connectivity index (χ4n) is 6.11. The van der Waals surface area contributed by atoms with E-state index in [4.69, 9.17) is 0 Å². The van der Waals surface area contributed by atoms with Gasteiger partial charge in [0.25, 0.3) is 0 Å². The number of nitrogens with one attached hydrogen (secondary N) is 3. The molecule has 1 aromatic carbocycles. The Hall–Kier alpha value is -1.60. The fraction of sp³-hybridized carbons (Fsp3) is 0.682. The van der Waals surface area contributed by atoms with E-state index in [-0.39, 0.29) is 17.8 Å². The van der Waals surface area contributed by atoms with Crippen LogP contribution >= 0.6 is 0 Å². The number of hydrogen-bond acceptors (Lipinski definition) is 3. The van der Waals surface area contributed by atoms with Crippen LogP contribution in [0, 0.1) is 23.7 Å². The van der Waals surface area contributed by atoms with Gasteiger partial charge >= 0.3 is 6.03 Å². The van der Waals surface area contributed by atoms with Crippen LogP contribution in [0.25, 0.3) is 0 Å². The Labute approximate surface area is 174 Å². The first-order chi connectivity index (χ1) is 13.8. The SMILES string of the molecule is CC(C)NS(=O)(=O)Cc1ccccc1CNC(=O)N[C@@H]1C[C@H]2C[C@H]1[C@H]1CCC[C@H]21. The van der Waals surface area contributed by atoms with Crippen molar-refractivity contribution in [3.05, 3.63) is 35.4 Å². The second-order valence-electron chi connectivity index (χ2n) is 9.39. The lowest BCUT2D eigenvalue weighted by molar-refractivity contribution is 0.197. The van der Waals surface area contributed by atoms with Crippen LogP contribution in [0.1, 0.15) is 57.1 Å². The molecule has 5 atom stereocenters. The van der Waals surface area contributed by atoms with Crippen LogP contribution in [-0.4, -0.2) is 26.5 Å². The smallest absolute Gasteiger partial charge is 0.315 e. The van der Waals surface area contributed by atoms with E-state index in [2.05, 4.69) is 15.4 Å². The van der Waals surface area contributed by atoms with E-state index in [0.29, 0.717) is 18.5 Å². The average Bonchev–Trinajstić information content (AvgIpc) is 3.32. The van der Waals surface area contributed by atoms with Crippen molar-refractivity contribution < 1.29 is 13.2 Å². The predicted octanol–water partition coefficient (Wildman–Crippen LogP) is 3.14. The van der Waals surface area contributed by atoms with E-state index in [1.165, 1.54) is 25.7 Å². The van der Waals surface area contributed by atoms with E-state index in [1.54, 1.807) is 13.8 Å². The van der Waals surface area contributed by atoms with Gasteiger partial charge in [-0.25, -0.2) is 17.9 Å². The van der Waals surface area contributed by atoms with Gasteiger partial charge in [-0.3, -0.25) is 0 Å². The van der Waals surface area contributed by atoms with Gasteiger partial charge in [0.05, 0.1) is 5.75 Å². The van der Waals surface area contributed by atoms with E-state index in [9.17, 15) is 13.2 Å². The van der Waals surface area contributed by atoms with Gasteiger partial charge in [0.15, 0.2) is 0 Å². The van der Waals surface area contributed by atoms with Crippen LogP contribution in [0.2, 0.25) is 0 Å². The highest BCUT2D eigenvalue weighted by Crippen LogP contribution is 2.58. The molecule has 2 bridgehead atoms. The topological polar surface area (TPSA) is 87.3 Å². The molecule has 0 aliphatic heterocycles. The number of urea groups is 1. The van der Waals surface area contributed by atoms with Gasteiger partial charge in [-0.2, -0.15) is 0 Å². The van der Waals surface area contributed by atoms with Crippen molar-refractivity contribution in [1.29, 1.82) is 0 Å². The maximum Gasteiger partial charge on any atom is 0.315 e. The molecule has 0 spiro atoms. The lowest BCUT2D eigenvalue weighted by atomic mass is 9.79. The molecule has 3 N–H and O–H groups in total. The second kappa shape index (κ2) is 8.26. The van der Waals surface area contributed by atoms with Crippen molar-refractivity contribution in [2.45, 2.75) is 70.3 Å². The van der Waals surface area contributed by atoms with Crippen LogP contribution < -0.4 is 15.4 Å². The Bertz CT molecular complexity index is 855. The number of benzene rings is 1. The van der Waals surface area contributed by atoms with Crippen LogP contribution in [0.3, 0.4) is 0 Å². The summed E-state index contributed by atoms with van der Waals surface area (Å²) in [5.41, 5.74) is 1.55. The maximum atomic E-state index is 12.5. The molecule has 3 aliphatic carbocycles. The molecule has 7 heteroatoms. The molecule has 160 valence electrons. The van der Waals surface area contributed by atoms with Gasteiger partial charge in [-0.1, -0.05) is 30.7 Å². The zero-order valence-electron chi connectivity index (χ0n) is 17.4. The van der Waals surface area contributed by atoms with Gasteiger partial charge in [-0.15, -0.1) is 0 Å². The molecule has 0 unspecified atom stereocenters. The molecular formula is C22H33N3O3S. The Morgan fingerprint density at radius 2 is 1.79 bits per heavy atom. The van der Waals surface area contributed by atoms with Crippen LogP contribution in [-0.2, 0) is 22.3 Å². The van der Waals surface area contributed by atoms with Crippen LogP contribution in [0.5, 0.6) is 0 Å². The third kappa shape index (κ3) is 4.61. The summed E-state index contributed by atoms with van der Waals surface area (Å²) in [5, 5.41) is 6.15. The minimum absolute atomic E-state index is 0.0832. The molecule has 4 rings (SSSR count). The Kier molecular flexibility index (Phi) is 5.89. The Balaban J connectivity index is 1.32. The van der Waals surface area contributed by atoms with E-state index < -0.39 is 10.0 Å². The molecule has 0 heterocycles. The normalized spacial score (nSPS) is 30.5. The minimum Gasteiger partial charge on any atom is -0.335 e. The standard InChI is InChI=1S/C22H33N3O3S/c1-14(2)25-29(27,28)13-16-7-4-3-6-15(16)12-23-22(26)24-21-11-17-10-20(21)19-9-5-8-18(17)19/h3-4,6-7,14,17-21,25H,5,8-13H2,1-2H3,(H2,23,24,26)/t17-,18-,19+,20+,21-/m1/s1. The fourth-order valence-corrected chi connectivity index (χ4v) is 7.60. The summed E-state index contributed by atoms with van der Waals surface area (Å²) in [6, 6.07) is 7.40. The number of carbonyl (C=O) groups is 1. The lowest BCUT2D eigenvalue weighted by Gasteiger charge is -2.32. The Morgan fingerprint density at radius 3 is 2.55 bits per heavy atom. The van der Waals surface area contributed by atoms with Gasteiger partial charge in [0, 0.05) is 18.6 Å². The average molecular weight is 420 g/mol. The molecule has 0 saturated heterocycles. The molecule has 3 saturated carbocycles. The summed E-state index contributed by atoms with van der Waals surface area (Å²) in [4.78, 5) is 12.5. The number of carbonyl (C=O) groups excluding carboxylic acids is 1. The van der Waals surface area contributed by atoms with Crippen molar-refractivity contribution in [2.75, 3.05) is 0 Å². The van der Waals surface area contributed by atoms with Crippen molar-refractivity contribution in [3.8, 4) is 0 Å². The van der Waals surface area contributed by atoms with E-state index >= 15 is 0 Å². The largest absolute Gasteiger partial charge is 0.335 e. The summed E-state index contributed by atoms with van der Waals surface area (Å²) >= 11 is 0. The molecular weight excluding hydrogens is 386 g/mol. The van der Waals surface area contributed by atoms with Crippen LogP contribution in [0.15, 0.2) is 24.3 Å². The quantitative estimate of drug-likeness (QED) is 0.634. The summed E-state index contributed by atoms with van der Waals surface area (Å²) < 4.78 is 27.2. The van der Waals surface area contributed by atoms with Gasteiger partial charge in [0.1, 0.15) is 0 Å². The minimum atomic E-state index is -3.41. The van der Waals surface area contributed by atoms with Gasteiger partial charge in [-0.05, 0) is 74.3 Å². The number of amides is 2. The van der Waals surface area contributed by atoms with E-state index in [1.807, 2.05) is 24.3 Å². The molecule has 1 aromatic rings. The molecule has 3 fully saturated rings. The first kappa shape index (κ1) is 20.7. The van der Waals surface area contributed by atoms with Crippen molar-refractivity contribution in [3.63, 3.8) is 0 Å². The Morgan fingerprint density at radius 1 is 1.07 bits per heavy atom. The lowest BCUT2D eigenvalue weighted by Crippen LogP contribution is -2.46. The highest BCUT2D eigenvalue weighted by molar-refractivity contribution is 7.88. The zero-order valence-corrected chi connectivity index (χ0v) is 18.2. The molecule has 3 aliphatic rings. The third-order valence-electron chi connectivity index (χ3n) is 7.06. The number of rotatable bonds is 7. The molecule has 6 nitrogen and oxygen atoms in total. The molecule has 29 heavy (non-hydrogen) atoms. The van der Waals surface area contributed by atoms with Crippen LogP contribution in [0.4, 0.5) is 4.79 Å². The monoisotopic (exact) mass is 419 g/mol. The highest BCUT2D eigenvalue weighted by atomic mass is 32.2. The third-order valence-corrected chi connectivity index (χ3v) is 8.59. The zero-order chi connectivity index (χ0) is 20.6. The summed E-state index contributed by atoms with van der Waals surface area (Å²) in [5.74, 6) is 3.10. The summed E-state index contributed by atoms with van der Waals surface area (Å²) in [6.45, 7) is 3.93. The molecule has 2 amide bonds. The van der Waals surface area contributed by atoms with Crippen molar-refractivity contribution in [1.82, 2.24) is 15.4 Å². The summed E-state index contributed by atoms with van der Waals surface area (Å²) in [7, 11) is -3.41. The van der Waals surface area contributed by atoms with Crippen molar-refractivity contribution in [2.24, 2.45) is 23.7 Å². The first-order valence-corrected chi connectivity index (χ1v) is 12.6. The van der Waals surface area contributed by atoms with Gasteiger partial charge < -0.3 is 10.6 Å². The second-order valence-corrected chi connectivity index (χ2v) is 11.1. The molecule has 0 aromatic heterocycles. The predicted molar refractivity (Wildman–Crippen MR) is 114 cm³/mol. The number of fused-ring (bicyclic) bond motifs is 5. The van der Waals surface area contributed by atoms with E-state index in [0.717, 1.165) is 35.3 Å². The number of hydrogen-bond donors (Lipinski definition) is 3. The highest BCUT2D eigenvalue weighted by Gasteiger charge is 2.54. The molecule has 0 radical (unpaired) electrons. The first-order valence-electron chi connectivity index (χ1n) is 10.9.